The third kappa shape index (κ3) is 4.66. The number of phenols is 1. The number of fused-ring (bicyclic) bond motifs is 1. The van der Waals surface area contributed by atoms with Crippen LogP contribution in [0.4, 0.5) is 0 Å². The fourth-order valence-electron chi connectivity index (χ4n) is 4.89. The highest BCUT2D eigenvalue weighted by Crippen LogP contribution is 2.40. The van der Waals surface area contributed by atoms with Crippen LogP contribution in [-0.4, -0.2) is 54.7 Å². The number of ether oxygens (including phenoxy) is 1. The Morgan fingerprint density at radius 3 is 2.48 bits per heavy atom. The number of hydrogen-bond acceptors (Lipinski definition) is 4. The van der Waals surface area contributed by atoms with Gasteiger partial charge in [0.05, 0.1) is 12.2 Å². The van der Waals surface area contributed by atoms with E-state index in [0.717, 1.165) is 56.6 Å². The SMILES string of the molecule is Cc1ccc2c(c1O)CC(C1CCN(Cc3ccccc3)CC1)OC2CN(C)C. The van der Waals surface area contributed by atoms with Crippen LogP contribution in [-0.2, 0) is 17.7 Å². The Morgan fingerprint density at radius 1 is 1.07 bits per heavy atom. The molecule has 156 valence electrons. The van der Waals surface area contributed by atoms with Crippen LogP contribution in [0.1, 0.15) is 41.2 Å². The molecule has 4 rings (SSSR count). The lowest BCUT2D eigenvalue weighted by Gasteiger charge is -2.41. The zero-order chi connectivity index (χ0) is 20.4. The van der Waals surface area contributed by atoms with Crippen molar-refractivity contribution >= 4 is 0 Å². The summed E-state index contributed by atoms with van der Waals surface area (Å²) in [5.74, 6) is 1.03. The number of phenolic OH excluding ortho intramolecular Hbond substituents is 1. The van der Waals surface area contributed by atoms with Gasteiger partial charge in [-0.2, -0.15) is 0 Å². The van der Waals surface area contributed by atoms with E-state index < -0.39 is 0 Å². The number of aromatic hydroxyl groups is 1. The Hall–Kier alpha value is -1.88. The van der Waals surface area contributed by atoms with Gasteiger partial charge in [-0.15, -0.1) is 0 Å². The minimum atomic E-state index is 0.0348. The summed E-state index contributed by atoms with van der Waals surface area (Å²) in [4.78, 5) is 4.73. The van der Waals surface area contributed by atoms with Gasteiger partial charge in [0.1, 0.15) is 5.75 Å². The molecule has 4 heteroatoms. The summed E-state index contributed by atoms with van der Waals surface area (Å²) >= 11 is 0. The van der Waals surface area contributed by atoms with Crippen LogP contribution >= 0.6 is 0 Å². The minimum Gasteiger partial charge on any atom is -0.507 e. The van der Waals surface area contributed by atoms with E-state index in [1.165, 1.54) is 11.1 Å². The van der Waals surface area contributed by atoms with Crippen molar-refractivity contribution in [1.82, 2.24) is 9.80 Å². The molecule has 2 aromatic carbocycles. The molecule has 1 fully saturated rings. The molecule has 0 bridgehead atoms. The lowest BCUT2D eigenvalue weighted by Crippen LogP contribution is -2.42. The van der Waals surface area contributed by atoms with Gasteiger partial charge in [0.15, 0.2) is 0 Å². The predicted molar refractivity (Wildman–Crippen MR) is 117 cm³/mol. The first kappa shape index (κ1) is 20.4. The second-order valence-corrected chi connectivity index (χ2v) is 9.03. The van der Waals surface area contributed by atoms with Crippen LogP contribution < -0.4 is 0 Å². The maximum absolute atomic E-state index is 10.7. The third-order valence-corrected chi connectivity index (χ3v) is 6.55. The molecule has 4 nitrogen and oxygen atoms in total. The highest BCUT2D eigenvalue weighted by atomic mass is 16.5. The van der Waals surface area contributed by atoms with Gasteiger partial charge in [-0.25, -0.2) is 0 Å². The molecule has 2 aliphatic heterocycles. The number of benzene rings is 2. The van der Waals surface area contributed by atoms with Crippen molar-refractivity contribution < 1.29 is 9.84 Å². The van der Waals surface area contributed by atoms with Crippen molar-refractivity contribution in [2.45, 2.75) is 44.9 Å². The first-order valence-corrected chi connectivity index (χ1v) is 10.9. The van der Waals surface area contributed by atoms with Crippen molar-refractivity contribution in [3.8, 4) is 5.75 Å². The van der Waals surface area contributed by atoms with Crippen LogP contribution in [0.5, 0.6) is 5.75 Å². The standard InChI is InChI=1S/C25H34N2O2/c1-18-9-10-21-22(25(18)28)15-23(29-24(21)17-26(2)3)20-11-13-27(14-12-20)16-19-7-5-4-6-8-19/h4-10,20,23-24,28H,11-17H2,1-3H3. The normalized spacial score (nSPS) is 23.3. The Balaban J connectivity index is 1.44. The third-order valence-electron chi connectivity index (χ3n) is 6.55. The molecule has 0 aliphatic carbocycles. The monoisotopic (exact) mass is 394 g/mol. The summed E-state index contributed by atoms with van der Waals surface area (Å²) < 4.78 is 6.64. The summed E-state index contributed by atoms with van der Waals surface area (Å²) in [6.07, 6.45) is 3.38. The maximum atomic E-state index is 10.7. The molecular formula is C25H34N2O2. The molecule has 2 atom stereocenters. The highest BCUT2D eigenvalue weighted by molar-refractivity contribution is 5.47. The molecule has 0 aromatic heterocycles. The van der Waals surface area contributed by atoms with Gasteiger partial charge in [-0.3, -0.25) is 4.90 Å². The minimum absolute atomic E-state index is 0.0348. The van der Waals surface area contributed by atoms with Gasteiger partial charge < -0.3 is 14.7 Å². The highest BCUT2D eigenvalue weighted by Gasteiger charge is 2.36. The maximum Gasteiger partial charge on any atom is 0.122 e. The average Bonchev–Trinajstić information content (AvgIpc) is 2.72. The molecule has 2 unspecified atom stereocenters. The molecular weight excluding hydrogens is 360 g/mol. The Morgan fingerprint density at radius 2 is 1.79 bits per heavy atom. The number of likely N-dealkylation sites (tertiary alicyclic amines) is 1. The second-order valence-electron chi connectivity index (χ2n) is 9.03. The Kier molecular flexibility index (Phi) is 6.23. The molecule has 0 radical (unpaired) electrons. The van der Waals surface area contributed by atoms with Crippen molar-refractivity contribution in [2.24, 2.45) is 5.92 Å². The smallest absolute Gasteiger partial charge is 0.122 e. The molecule has 2 heterocycles. The summed E-state index contributed by atoms with van der Waals surface area (Å²) in [6.45, 7) is 6.10. The summed E-state index contributed by atoms with van der Waals surface area (Å²) in [5.41, 5.74) is 4.63. The number of rotatable bonds is 5. The molecule has 1 saturated heterocycles. The molecule has 0 spiro atoms. The van der Waals surface area contributed by atoms with Crippen LogP contribution in [0, 0.1) is 12.8 Å². The van der Waals surface area contributed by atoms with E-state index >= 15 is 0 Å². The van der Waals surface area contributed by atoms with E-state index in [0.29, 0.717) is 11.7 Å². The van der Waals surface area contributed by atoms with Crippen LogP contribution in [0.2, 0.25) is 0 Å². The number of nitrogens with zero attached hydrogens (tertiary/aromatic N) is 2. The Labute approximate surface area is 175 Å². The topological polar surface area (TPSA) is 35.9 Å². The van der Waals surface area contributed by atoms with Gasteiger partial charge in [-0.05, 0) is 69.6 Å². The number of piperidine rings is 1. The van der Waals surface area contributed by atoms with Crippen LogP contribution in [0.3, 0.4) is 0 Å². The van der Waals surface area contributed by atoms with E-state index in [-0.39, 0.29) is 12.2 Å². The molecule has 0 amide bonds. The molecule has 1 N–H and O–H groups in total. The van der Waals surface area contributed by atoms with Crippen LogP contribution in [0.25, 0.3) is 0 Å². The Bertz CT molecular complexity index is 813. The summed E-state index contributed by atoms with van der Waals surface area (Å²) in [5, 5.41) is 10.7. The first-order chi connectivity index (χ1) is 14.0. The van der Waals surface area contributed by atoms with E-state index in [4.69, 9.17) is 4.74 Å². The quantitative estimate of drug-likeness (QED) is 0.826. The summed E-state index contributed by atoms with van der Waals surface area (Å²) in [6, 6.07) is 14.9. The van der Waals surface area contributed by atoms with Crippen molar-refractivity contribution in [1.29, 1.82) is 0 Å². The van der Waals surface area contributed by atoms with Gasteiger partial charge >= 0.3 is 0 Å². The van der Waals surface area contributed by atoms with E-state index in [1.807, 2.05) is 13.0 Å². The van der Waals surface area contributed by atoms with Crippen molar-refractivity contribution in [3.05, 3.63) is 64.7 Å². The number of likely N-dealkylation sites (N-methyl/N-ethyl adjacent to an activating group) is 1. The lowest BCUT2D eigenvalue weighted by atomic mass is 9.83. The largest absolute Gasteiger partial charge is 0.507 e. The van der Waals surface area contributed by atoms with Gasteiger partial charge in [0.25, 0.3) is 0 Å². The van der Waals surface area contributed by atoms with Crippen molar-refractivity contribution in [3.63, 3.8) is 0 Å². The fourth-order valence-corrected chi connectivity index (χ4v) is 4.89. The van der Waals surface area contributed by atoms with E-state index in [2.05, 4.69) is 60.3 Å². The first-order valence-electron chi connectivity index (χ1n) is 10.9. The van der Waals surface area contributed by atoms with Gasteiger partial charge in [0, 0.05) is 25.1 Å². The average molecular weight is 395 g/mol. The second kappa shape index (κ2) is 8.86. The van der Waals surface area contributed by atoms with Crippen LogP contribution in [0.15, 0.2) is 42.5 Å². The number of aryl methyl sites for hydroxylation is 1. The molecule has 0 saturated carbocycles. The van der Waals surface area contributed by atoms with E-state index in [1.54, 1.807) is 0 Å². The molecule has 2 aliphatic rings. The lowest BCUT2D eigenvalue weighted by molar-refractivity contribution is -0.0759. The number of hydrogen-bond donors (Lipinski definition) is 1. The zero-order valence-corrected chi connectivity index (χ0v) is 18.0. The molecule has 2 aromatic rings. The van der Waals surface area contributed by atoms with E-state index in [9.17, 15) is 5.11 Å². The van der Waals surface area contributed by atoms with Gasteiger partial charge in [0.2, 0.25) is 0 Å². The van der Waals surface area contributed by atoms with Crippen molar-refractivity contribution in [2.75, 3.05) is 33.7 Å². The zero-order valence-electron chi connectivity index (χ0n) is 18.0. The summed E-state index contributed by atoms with van der Waals surface area (Å²) in [7, 11) is 4.17. The molecule has 29 heavy (non-hydrogen) atoms. The fraction of sp³-hybridized carbons (Fsp3) is 0.520. The van der Waals surface area contributed by atoms with Gasteiger partial charge in [-0.1, -0.05) is 42.5 Å². The predicted octanol–water partition coefficient (Wildman–Crippen LogP) is 4.16.